The van der Waals surface area contributed by atoms with Crippen molar-refractivity contribution in [3.05, 3.63) is 29.3 Å². The zero-order valence-electron chi connectivity index (χ0n) is 10.1. The van der Waals surface area contributed by atoms with Crippen molar-refractivity contribution >= 4 is 31.0 Å². The van der Waals surface area contributed by atoms with Crippen molar-refractivity contribution < 1.29 is 4.74 Å². The monoisotopic (exact) mass is 269 g/mol. The van der Waals surface area contributed by atoms with Crippen molar-refractivity contribution in [2.45, 2.75) is 31.3 Å². The summed E-state index contributed by atoms with van der Waals surface area (Å²) >= 11 is 8.58. The van der Waals surface area contributed by atoms with Gasteiger partial charge >= 0.3 is 0 Å². The van der Waals surface area contributed by atoms with Gasteiger partial charge in [0.15, 0.2) is 0 Å². The van der Waals surface area contributed by atoms with Gasteiger partial charge in [-0.1, -0.05) is 6.07 Å². The fraction of sp³-hybridized carbons (Fsp3) is 0.462. The molecule has 2 nitrogen and oxygen atoms in total. The Morgan fingerprint density at radius 1 is 1.24 bits per heavy atom. The van der Waals surface area contributed by atoms with Crippen LogP contribution in [0, 0.1) is 5.41 Å². The molecule has 0 amide bonds. The molecule has 1 N–H and O–H groups in total. The van der Waals surface area contributed by atoms with Crippen molar-refractivity contribution in [1.82, 2.24) is 0 Å². The lowest BCUT2D eigenvalue weighted by Gasteiger charge is -2.10. The predicted octanol–water partition coefficient (Wildman–Crippen LogP) is 3.74. The normalized spacial score (nSPS) is 10.3. The van der Waals surface area contributed by atoms with E-state index in [1.807, 2.05) is 25.1 Å². The molecule has 0 fully saturated rings. The molecule has 0 heterocycles. The van der Waals surface area contributed by atoms with Gasteiger partial charge in [0.05, 0.1) is 6.61 Å². The molecular weight excluding hydrogens is 250 g/mol. The molecule has 1 aromatic rings. The zero-order chi connectivity index (χ0) is 12.7. The van der Waals surface area contributed by atoms with Crippen molar-refractivity contribution in [3.8, 4) is 5.75 Å². The minimum atomic E-state index is 0.655. The maximum atomic E-state index is 7.32. The molecule has 1 rings (SSSR count). The summed E-state index contributed by atoms with van der Waals surface area (Å²) < 4.78 is 5.64. The highest BCUT2D eigenvalue weighted by Crippen LogP contribution is 2.21. The molecule has 0 saturated carbocycles. The van der Waals surface area contributed by atoms with Crippen LogP contribution in [0.4, 0.5) is 0 Å². The van der Waals surface area contributed by atoms with Crippen LogP contribution in [0.2, 0.25) is 0 Å². The van der Waals surface area contributed by atoms with Crippen LogP contribution in [0.5, 0.6) is 5.75 Å². The minimum Gasteiger partial charge on any atom is -0.494 e. The topological polar surface area (TPSA) is 33.1 Å². The Labute approximate surface area is 114 Å². The fourth-order valence-corrected chi connectivity index (χ4v) is 2.12. The summed E-state index contributed by atoms with van der Waals surface area (Å²) in [5, 5.41) is 7.32. The lowest BCUT2D eigenvalue weighted by atomic mass is 10.1. The van der Waals surface area contributed by atoms with E-state index in [0.29, 0.717) is 18.1 Å². The molecule has 0 atom stereocenters. The molecule has 0 spiro atoms. The number of benzene rings is 1. The Kier molecular flexibility index (Phi) is 6.52. The third-order valence-electron chi connectivity index (χ3n) is 2.48. The highest BCUT2D eigenvalue weighted by atomic mass is 32.1. The van der Waals surface area contributed by atoms with E-state index >= 15 is 0 Å². The number of thiol groups is 2. The van der Waals surface area contributed by atoms with Crippen LogP contribution >= 0.6 is 25.3 Å². The fourth-order valence-electron chi connectivity index (χ4n) is 1.52. The largest absolute Gasteiger partial charge is 0.494 e. The van der Waals surface area contributed by atoms with Gasteiger partial charge in [0.2, 0.25) is 0 Å². The number of rotatable bonds is 7. The first kappa shape index (κ1) is 14.5. The van der Waals surface area contributed by atoms with Gasteiger partial charge in [0.25, 0.3) is 0 Å². The van der Waals surface area contributed by atoms with Crippen LogP contribution in [0.3, 0.4) is 0 Å². The number of hydrogen-bond donors (Lipinski definition) is 3. The first-order valence-corrected chi connectivity index (χ1v) is 6.94. The standard InChI is InChI=1S/C13H19NOS2/c1-10(14)3-2-6-15-13-5-4-11(8-16)12(7-13)9-17/h4-5,7,14,16-17H,2-3,6,8-9H2,1H3. The van der Waals surface area contributed by atoms with Gasteiger partial charge in [-0.15, -0.1) is 0 Å². The minimum absolute atomic E-state index is 0.655. The highest BCUT2D eigenvalue weighted by Gasteiger charge is 2.02. The van der Waals surface area contributed by atoms with Gasteiger partial charge in [-0.05, 0) is 43.0 Å². The first-order chi connectivity index (χ1) is 8.17. The molecule has 94 valence electrons. The molecular formula is C13H19NOS2. The molecule has 17 heavy (non-hydrogen) atoms. The molecule has 0 saturated heterocycles. The van der Waals surface area contributed by atoms with E-state index in [0.717, 1.165) is 24.3 Å². The molecule has 1 aromatic carbocycles. The molecule has 0 aliphatic rings. The lowest BCUT2D eigenvalue weighted by molar-refractivity contribution is 0.313. The average Bonchev–Trinajstić information content (AvgIpc) is 2.34. The SMILES string of the molecule is CC(=N)CCCOc1ccc(CS)c(CS)c1. The van der Waals surface area contributed by atoms with E-state index in [2.05, 4.69) is 25.3 Å². The summed E-state index contributed by atoms with van der Waals surface area (Å²) in [7, 11) is 0. The Morgan fingerprint density at radius 2 is 1.94 bits per heavy atom. The summed E-state index contributed by atoms with van der Waals surface area (Å²) in [5.74, 6) is 2.30. The van der Waals surface area contributed by atoms with Crippen LogP contribution in [0.25, 0.3) is 0 Å². The van der Waals surface area contributed by atoms with E-state index in [-0.39, 0.29) is 0 Å². The summed E-state index contributed by atoms with van der Waals surface area (Å²) in [4.78, 5) is 0. The van der Waals surface area contributed by atoms with E-state index in [1.165, 1.54) is 11.1 Å². The molecule has 0 aliphatic heterocycles. The molecule has 0 unspecified atom stereocenters. The molecule has 0 bridgehead atoms. The summed E-state index contributed by atoms with van der Waals surface area (Å²) in [6, 6.07) is 6.03. The Morgan fingerprint density at radius 3 is 2.53 bits per heavy atom. The predicted molar refractivity (Wildman–Crippen MR) is 80.0 cm³/mol. The molecule has 0 aliphatic carbocycles. The van der Waals surface area contributed by atoms with E-state index in [1.54, 1.807) is 0 Å². The van der Waals surface area contributed by atoms with Crippen LogP contribution in [0.15, 0.2) is 18.2 Å². The Bertz CT molecular complexity index is 380. The van der Waals surface area contributed by atoms with Gasteiger partial charge in [-0.25, -0.2) is 0 Å². The average molecular weight is 269 g/mol. The summed E-state index contributed by atoms with van der Waals surface area (Å²) in [6.45, 7) is 2.48. The quantitative estimate of drug-likeness (QED) is 0.393. The van der Waals surface area contributed by atoms with Crippen LogP contribution in [-0.2, 0) is 11.5 Å². The molecule has 0 radical (unpaired) electrons. The van der Waals surface area contributed by atoms with Crippen LogP contribution < -0.4 is 4.74 Å². The van der Waals surface area contributed by atoms with Crippen LogP contribution in [0.1, 0.15) is 30.9 Å². The van der Waals surface area contributed by atoms with Gasteiger partial charge in [-0.2, -0.15) is 25.3 Å². The van der Waals surface area contributed by atoms with Crippen LogP contribution in [-0.4, -0.2) is 12.3 Å². The van der Waals surface area contributed by atoms with Gasteiger partial charge in [0, 0.05) is 17.2 Å². The zero-order valence-corrected chi connectivity index (χ0v) is 11.9. The van der Waals surface area contributed by atoms with Gasteiger partial charge in [0.1, 0.15) is 5.75 Å². The van der Waals surface area contributed by atoms with E-state index < -0.39 is 0 Å². The highest BCUT2D eigenvalue weighted by molar-refractivity contribution is 7.79. The van der Waals surface area contributed by atoms with Crippen molar-refractivity contribution in [1.29, 1.82) is 5.41 Å². The Balaban J connectivity index is 2.51. The lowest BCUT2D eigenvalue weighted by Crippen LogP contribution is -2.01. The first-order valence-electron chi connectivity index (χ1n) is 5.67. The van der Waals surface area contributed by atoms with E-state index in [4.69, 9.17) is 10.1 Å². The molecule has 0 aromatic heterocycles. The second kappa shape index (κ2) is 7.67. The maximum Gasteiger partial charge on any atom is 0.119 e. The van der Waals surface area contributed by atoms with Gasteiger partial charge < -0.3 is 10.1 Å². The number of ether oxygens (including phenoxy) is 1. The van der Waals surface area contributed by atoms with Crippen molar-refractivity contribution in [3.63, 3.8) is 0 Å². The van der Waals surface area contributed by atoms with Crippen molar-refractivity contribution in [2.75, 3.05) is 6.61 Å². The second-order valence-corrected chi connectivity index (χ2v) is 4.61. The third-order valence-corrected chi connectivity index (χ3v) is 3.16. The number of hydrogen-bond acceptors (Lipinski definition) is 4. The Hall–Kier alpha value is -0.610. The summed E-state index contributed by atoms with van der Waals surface area (Å²) in [5.41, 5.74) is 3.07. The summed E-state index contributed by atoms with van der Waals surface area (Å²) in [6.07, 6.45) is 1.69. The van der Waals surface area contributed by atoms with E-state index in [9.17, 15) is 0 Å². The third kappa shape index (κ3) is 5.04. The maximum absolute atomic E-state index is 7.32. The van der Waals surface area contributed by atoms with Crippen molar-refractivity contribution in [2.24, 2.45) is 0 Å². The smallest absolute Gasteiger partial charge is 0.119 e. The second-order valence-electron chi connectivity index (χ2n) is 3.98. The molecule has 4 heteroatoms. The van der Waals surface area contributed by atoms with Gasteiger partial charge in [-0.3, -0.25) is 0 Å². The number of nitrogens with one attached hydrogen (secondary N) is 1.